The summed E-state index contributed by atoms with van der Waals surface area (Å²) in [6, 6.07) is 15.3. The lowest BCUT2D eigenvalue weighted by molar-refractivity contribution is 0.0467. The number of hydrogen-bond donors (Lipinski definition) is 1. The molecule has 3 heteroatoms. The molecule has 0 radical (unpaired) electrons. The van der Waals surface area contributed by atoms with Crippen LogP contribution in [0.4, 0.5) is 0 Å². The first-order valence-electron chi connectivity index (χ1n) is 7.29. The average Bonchev–Trinajstić information content (AvgIpc) is 2.47. The van der Waals surface area contributed by atoms with Crippen molar-refractivity contribution in [3.05, 3.63) is 64.7 Å². The third-order valence-electron chi connectivity index (χ3n) is 3.42. The Morgan fingerprint density at radius 1 is 1.14 bits per heavy atom. The van der Waals surface area contributed by atoms with Crippen molar-refractivity contribution in [1.82, 2.24) is 0 Å². The molecule has 2 rings (SSSR count). The molecule has 0 heterocycles. The zero-order chi connectivity index (χ0) is 15.2. The molecule has 2 unspecified atom stereocenters. The monoisotopic (exact) mass is 304 g/mol. The summed E-state index contributed by atoms with van der Waals surface area (Å²) in [4.78, 5) is 0. The van der Waals surface area contributed by atoms with Crippen molar-refractivity contribution in [2.75, 3.05) is 0 Å². The van der Waals surface area contributed by atoms with Gasteiger partial charge in [0.2, 0.25) is 0 Å². The van der Waals surface area contributed by atoms with Crippen LogP contribution in [0.5, 0.6) is 5.75 Å². The Morgan fingerprint density at radius 2 is 1.86 bits per heavy atom. The van der Waals surface area contributed by atoms with E-state index in [1.54, 1.807) is 12.1 Å². The number of aliphatic hydroxyl groups excluding tert-OH is 1. The molecule has 2 atom stereocenters. The Labute approximate surface area is 131 Å². The highest BCUT2D eigenvalue weighted by molar-refractivity contribution is 6.30. The van der Waals surface area contributed by atoms with Gasteiger partial charge in [0.1, 0.15) is 18.0 Å². The van der Waals surface area contributed by atoms with Gasteiger partial charge in [0, 0.05) is 5.02 Å². The van der Waals surface area contributed by atoms with Crippen LogP contribution in [0.25, 0.3) is 0 Å². The van der Waals surface area contributed by atoms with Crippen LogP contribution in [0.2, 0.25) is 5.02 Å². The Kier molecular flexibility index (Phi) is 5.66. The Morgan fingerprint density at radius 3 is 2.48 bits per heavy atom. The molecule has 0 fully saturated rings. The largest absolute Gasteiger partial charge is 0.488 e. The summed E-state index contributed by atoms with van der Waals surface area (Å²) in [5.41, 5.74) is 2.15. The molecule has 2 nitrogen and oxygen atoms in total. The molecule has 0 saturated heterocycles. The second-order valence-electron chi connectivity index (χ2n) is 5.22. The lowest BCUT2D eigenvalue weighted by Gasteiger charge is -2.21. The number of ether oxygens (including phenoxy) is 1. The standard InChI is InChI=1S/C18H21ClO2/c1-3-5-14-8-10-15(11-9-14)18(20)13(2)21-17-7-4-6-16(19)12-17/h4,6-13,18,20H,3,5H2,1-2H3. The molecule has 2 aromatic carbocycles. The van der Waals surface area contributed by atoms with Crippen molar-refractivity contribution < 1.29 is 9.84 Å². The van der Waals surface area contributed by atoms with Crippen LogP contribution in [0.3, 0.4) is 0 Å². The molecule has 0 bridgehead atoms. The molecule has 0 saturated carbocycles. The number of benzene rings is 2. The summed E-state index contributed by atoms with van der Waals surface area (Å²) in [5, 5.41) is 11.0. The van der Waals surface area contributed by atoms with E-state index in [1.807, 2.05) is 31.2 Å². The van der Waals surface area contributed by atoms with Gasteiger partial charge in [-0.05, 0) is 42.7 Å². The van der Waals surface area contributed by atoms with Gasteiger partial charge in [0.15, 0.2) is 0 Å². The summed E-state index contributed by atoms with van der Waals surface area (Å²) in [6.45, 7) is 4.01. The first-order chi connectivity index (χ1) is 10.1. The maximum Gasteiger partial charge on any atom is 0.126 e. The molecule has 0 aliphatic rings. The van der Waals surface area contributed by atoms with Crippen LogP contribution in [-0.2, 0) is 6.42 Å². The van der Waals surface area contributed by atoms with Crippen LogP contribution in [-0.4, -0.2) is 11.2 Å². The maximum absolute atomic E-state index is 10.4. The SMILES string of the molecule is CCCc1ccc(C(O)C(C)Oc2cccc(Cl)c2)cc1. The van der Waals surface area contributed by atoms with Crippen molar-refractivity contribution in [2.45, 2.75) is 38.9 Å². The summed E-state index contributed by atoms with van der Waals surface area (Å²) in [6.07, 6.45) is 1.17. The molecule has 0 aliphatic heterocycles. The summed E-state index contributed by atoms with van der Waals surface area (Å²) >= 11 is 5.93. The van der Waals surface area contributed by atoms with E-state index in [0.29, 0.717) is 10.8 Å². The normalized spacial score (nSPS) is 13.7. The first-order valence-corrected chi connectivity index (χ1v) is 7.67. The van der Waals surface area contributed by atoms with E-state index in [9.17, 15) is 5.11 Å². The molecule has 1 N–H and O–H groups in total. The van der Waals surface area contributed by atoms with Gasteiger partial charge in [-0.2, -0.15) is 0 Å². The van der Waals surface area contributed by atoms with Crippen LogP contribution < -0.4 is 4.74 Å². The smallest absolute Gasteiger partial charge is 0.126 e. The van der Waals surface area contributed by atoms with E-state index < -0.39 is 6.10 Å². The van der Waals surface area contributed by atoms with Crippen LogP contribution >= 0.6 is 11.6 Å². The minimum absolute atomic E-state index is 0.347. The van der Waals surface area contributed by atoms with E-state index in [-0.39, 0.29) is 6.10 Å². The van der Waals surface area contributed by atoms with Crippen LogP contribution in [0, 0.1) is 0 Å². The molecular formula is C18H21ClO2. The zero-order valence-electron chi connectivity index (χ0n) is 12.4. The topological polar surface area (TPSA) is 29.5 Å². The fourth-order valence-corrected chi connectivity index (χ4v) is 2.44. The Hall–Kier alpha value is -1.51. The van der Waals surface area contributed by atoms with Crippen molar-refractivity contribution in [3.8, 4) is 5.75 Å². The van der Waals surface area contributed by atoms with Crippen molar-refractivity contribution in [1.29, 1.82) is 0 Å². The van der Waals surface area contributed by atoms with Crippen molar-refractivity contribution in [2.24, 2.45) is 0 Å². The molecule has 0 aliphatic carbocycles. The number of aryl methyl sites for hydroxylation is 1. The fraction of sp³-hybridized carbons (Fsp3) is 0.333. The van der Waals surface area contributed by atoms with Gasteiger partial charge < -0.3 is 9.84 Å². The molecule has 2 aromatic rings. The van der Waals surface area contributed by atoms with E-state index in [1.165, 1.54) is 5.56 Å². The summed E-state index contributed by atoms with van der Waals surface area (Å²) in [7, 11) is 0. The molecule has 112 valence electrons. The second kappa shape index (κ2) is 7.48. The molecule has 0 aromatic heterocycles. The third-order valence-corrected chi connectivity index (χ3v) is 3.66. The minimum Gasteiger partial charge on any atom is -0.488 e. The van der Waals surface area contributed by atoms with Gasteiger partial charge in [-0.25, -0.2) is 0 Å². The third kappa shape index (κ3) is 4.48. The van der Waals surface area contributed by atoms with Gasteiger partial charge in [-0.15, -0.1) is 0 Å². The number of rotatable bonds is 6. The predicted octanol–water partition coefficient (Wildman–Crippen LogP) is 4.79. The fourth-order valence-electron chi connectivity index (χ4n) is 2.26. The second-order valence-corrected chi connectivity index (χ2v) is 5.65. The van der Waals surface area contributed by atoms with Gasteiger partial charge in [0.25, 0.3) is 0 Å². The van der Waals surface area contributed by atoms with E-state index in [2.05, 4.69) is 19.1 Å². The first kappa shape index (κ1) is 15.9. The highest BCUT2D eigenvalue weighted by Crippen LogP contribution is 2.24. The summed E-state index contributed by atoms with van der Waals surface area (Å²) in [5.74, 6) is 0.664. The Bertz CT molecular complexity index is 566. The van der Waals surface area contributed by atoms with E-state index in [4.69, 9.17) is 16.3 Å². The van der Waals surface area contributed by atoms with E-state index >= 15 is 0 Å². The molecular weight excluding hydrogens is 284 g/mol. The highest BCUT2D eigenvalue weighted by Gasteiger charge is 2.18. The lowest BCUT2D eigenvalue weighted by Crippen LogP contribution is -2.21. The summed E-state index contributed by atoms with van der Waals surface area (Å²) < 4.78 is 5.75. The average molecular weight is 305 g/mol. The zero-order valence-corrected chi connectivity index (χ0v) is 13.2. The number of hydrogen-bond acceptors (Lipinski definition) is 2. The maximum atomic E-state index is 10.4. The van der Waals surface area contributed by atoms with Crippen LogP contribution in [0.1, 0.15) is 37.5 Å². The molecule has 21 heavy (non-hydrogen) atoms. The van der Waals surface area contributed by atoms with Gasteiger partial charge in [0.05, 0.1) is 0 Å². The molecule has 0 spiro atoms. The van der Waals surface area contributed by atoms with Crippen molar-refractivity contribution >= 4 is 11.6 Å². The van der Waals surface area contributed by atoms with Gasteiger partial charge in [-0.3, -0.25) is 0 Å². The molecule has 0 amide bonds. The van der Waals surface area contributed by atoms with Gasteiger partial charge >= 0.3 is 0 Å². The Balaban J connectivity index is 2.02. The predicted molar refractivity (Wildman–Crippen MR) is 86.9 cm³/mol. The number of aliphatic hydroxyl groups is 1. The van der Waals surface area contributed by atoms with Gasteiger partial charge in [-0.1, -0.05) is 55.3 Å². The van der Waals surface area contributed by atoms with Crippen LogP contribution in [0.15, 0.2) is 48.5 Å². The lowest BCUT2D eigenvalue weighted by atomic mass is 10.0. The van der Waals surface area contributed by atoms with Crippen molar-refractivity contribution in [3.63, 3.8) is 0 Å². The quantitative estimate of drug-likeness (QED) is 0.831. The minimum atomic E-state index is -0.667. The highest BCUT2D eigenvalue weighted by atomic mass is 35.5. The number of halogens is 1. The van der Waals surface area contributed by atoms with E-state index in [0.717, 1.165) is 18.4 Å².